The minimum absolute atomic E-state index is 0.349. The summed E-state index contributed by atoms with van der Waals surface area (Å²) in [5.74, 6) is 1.07. The van der Waals surface area contributed by atoms with E-state index in [0.29, 0.717) is 11.7 Å². The average molecular weight is 323 g/mol. The van der Waals surface area contributed by atoms with Crippen LogP contribution in [0.15, 0.2) is 33.2 Å². The van der Waals surface area contributed by atoms with Crippen molar-refractivity contribution in [1.82, 2.24) is 0 Å². The van der Waals surface area contributed by atoms with Gasteiger partial charge in [0, 0.05) is 5.39 Å². The van der Waals surface area contributed by atoms with Gasteiger partial charge in [0.05, 0.1) is 4.47 Å². The van der Waals surface area contributed by atoms with Crippen LogP contribution in [0.25, 0.3) is 11.0 Å². The molecular formula is C16H19BrO2. The third-order valence-corrected chi connectivity index (χ3v) is 4.78. The third-order valence-electron chi connectivity index (χ3n) is 4.15. The van der Waals surface area contributed by atoms with E-state index < -0.39 is 6.10 Å². The van der Waals surface area contributed by atoms with E-state index >= 15 is 0 Å². The van der Waals surface area contributed by atoms with Crippen molar-refractivity contribution in [3.8, 4) is 0 Å². The summed E-state index contributed by atoms with van der Waals surface area (Å²) in [5, 5.41) is 11.6. The highest BCUT2D eigenvalue weighted by Gasteiger charge is 2.25. The Bertz CT molecular complexity index is 553. The van der Waals surface area contributed by atoms with Crippen molar-refractivity contribution in [3.63, 3.8) is 0 Å². The van der Waals surface area contributed by atoms with Crippen LogP contribution in [-0.4, -0.2) is 5.11 Å². The Morgan fingerprint density at radius 3 is 2.58 bits per heavy atom. The Kier molecular flexibility index (Phi) is 3.94. The van der Waals surface area contributed by atoms with E-state index in [1.807, 2.05) is 24.3 Å². The molecule has 1 saturated carbocycles. The SMILES string of the molecule is OC(c1cc2cccc(Br)c2o1)C1CCCCCC1. The molecular weight excluding hydrogens is 304 g/mol. The summed E-state index contributed by atoms with van der Waals surface area (Å²) >= 11 is 3.49. The van der Waals surface area contributed by atoms with Crippen LogP contribution in [0.1, 0.15) is 50.4 Å². The van der Waals surface area contributed by atoms with Crippen molar-refractivity contribution < 1.29 is 9.52 Å². The molecule has 2 aromatic rings. The highest BCUT2D eigenvalue weighted by molar-refractivity contribution is 9.10. The zero-order chi connectivity index (χ0) is 13.2. The number of para-hydroxylation sites is 1. The molecule has 3 rings (SSSR count). The number of halogens is 1. The lowest BCUT2D eigenvalue weighted by Gasteiger charge is -2.19. The molecule has 0 amide bonds. The fourth-order valence-electron chi connectivity index (χ4n) is 3.05. The number of furan rings is 1. The van der Waals surface area contributed by atoms with Gasteiger partial charge in [-0.05, 0) is 46.8 Å². The molecule has 0 spiro atoms. The maximum absolute atomic E-state index is 10.6. The topological polar surface area (TPSA) is 33.4 Å². The molecule has 1 unspecified atom stereocenters. The quantitative estimate of drug-likeness (QED) is 0.771. The van der Waals surface area contributed by atoms with Gasteiger partial charge in [-0.3, -0.25) is 0 Å². The summed E-state index contributed by atoms with van der Waals surface area (Å²) in [5.41, 5.74) is 0.838. The molecule has 19 heavy (non-hydrogen) atoms. The Labute approximate surface area is 121 Å². The van der Waals surface area contributed by atoms with Gasteiger partial charge >= 0.3 is 0 Å². The van der Waals surface area contributed by atoms with Gasteiger partial charge in [0.2, 0.25) is 0 Å². The maximum Gasteiger partial charge on any atom is 0.148 e. The molecule has 1 heterocycles. The van der Waals surface area contributed by atoms with Crippen LogP contribution in [0.3, 0.4) is 0 Å². The molecule has 1 aliphatic rings. The van der Waals surface area contributed by atoms with Crippen LogP contribution in [0.4, 0.5) is 0 Å². The maximum atomic E-state index is 10.6. The number of hydrogen-bond donors (Lipinski definition) is 1. The van der Waals surface area contributed by atoms with E-state index in [-0.39, 0.29) is 0 Å². The lowest BCUT2D eigenvalue weighted by Crippen LogP contribution is -2.11. The van der Waals surface area contributed by atoms with Gasteiger partial charge < -0.3 is 9.52 Å². The number of aliphatic hydroxyl groups is 1. The van der Waals surface area contributed by atoms with Crippen LogP contribution in [0.5, 0.6) is 0 Å². The van der Waals surface area contributed by atoms with E-state index in [4.69, 9.17) is 4.42 Å². The van der Waals surface area contributed by atoms with Crippen LogP contribution in [0.2, 0.25) is 0 Å². The fraction of sp³-hybridized carbons (Fsp3) is 0.500. The molecule has 1 aliphatic carbocycles. The van der Waals surface area contributed by atoms with Crippen LogP contribution < -0.4 is 0 Å². The Morgan fingerprint density at radius 1 is 1.16 bits per heavy atom. The Hall–Kier alpha value is -0.800. The number of fused-ring (bicyclic) bond motifs is 1. The third kappa shape index (κ3) is 2.72. The molecule has 102 valence electrons. The molecule has 1 fully saturated rings. The molecule has 1 N–H and O–H groups in total. The van der Waals surface area contributed by atoms with E-state index in [1.165, 1.54) is 25.7 Å². The lowest BCUT2D eigenvalue weighted by molar-refractivity contribution is 0.0791. The van der Waals surface area contributed by atoms with Crippen molar-refractivity contribution in [2.75, 3.05) is 0 Å². The van der Waals surface area contributed by atoms with Gasteiger partial charge in [0.1, 0.15) is 17.4 Å². The number of benzene rings is 1. The fourth-order valence-corrected chi connectivity index (χ4v) is 3.51. The van der Waals surface area contributed by atoms with Crippen LogP contribution in [-0.2, 0) is 0 Å². The zero-order valence-electron chi connectivity index (χ0n) is 10.9. The monoisotopic (exact) mass is 322 g/mol. The highest BCUT2D eigenvalue weighted by Crippen LogP contribution is 2.37. The van der Waals surface area contributed by atoms with Crippen molar-refractivity contribution in [3.05, 3.63) is 34.5 Å². The summed E-state index contributed by atoms with van der Waals surface area (Å²) in [4.78, 5) is 0. The van der Waals surface area contributed by atoms with Gasteiger partial charge in [-0.15, -0.1) is 0 Å². The van der Waals surface area contributed by atoms with Gasteiger partial charge in [-0.2, -0.15) is 0 Å². The molecule has 3 heteroatoms. The van der Waals surface area contributed by atoms with E-state index in [9.17, 15) is 5.11 Å². The van der Waals surface area contributed by atoms with Crippen molar-refractivity contribution in [2.24, 2.45) is 5.92 Å². The highest BCUT2D eigenvalue weighted by atomic mass is 79.9. The first kappa shape index (κ1) is 13.2. The molecule has 1 atom stereocenters. The van der Waals surface area contributed by atoms with Gasteiger partial charge in [-0.25, -0.2) is 0 Å². The zero-order valence-corrected chi connectivity index (χ0v) is 12.5. The first-order valence-electron chi connectivity index (χ1n) is 7.12. The van der Waals surface area contributed by atoms with E-state index in [1.54, 1.807) is 0 Å². The van der Waals surface area contributed by atoms with Crippen molar-refractivity contribution in [1.29, 1.82) is 0 Å². The summed E-state index contributed by atoms with van der Waals surface area (Å²) in [6.45, 7) is 0. The molecule has 0 saturated heterocycles. The summed E-state index contributed by atoms with van der Waals surface area (Å²) in [6.07, 6.45) is 6.82. The Balaban J connectivity index is 1.88. The molecule has 2 nitrogen and oxygen atoms in total. The van der Waals surface area contributed by atoms with E-state index in [2.05, 4.69) is 15.9 Å². The van der Waals surface area contributed by atoms with Gasteiger partial charge in [0.15, 0.2) is 0 Å². The van der Waals surface area contributed by atoms with Gasteiger partial charge in [-0.1, -0.05) is 37.8 Å². The normalized spacial score (nSPS) is 19.5. The number of rotatable bonds is 2. The lowest BCUT2D eigenvalue weighted by atomic mass is 9.92. The van der Waals surface area contributed by atoms with Crippen molar-refractivity contribution in [2.45, 2.75) is 44.6 Å². The molecule has 0 aliphatic heterocycles. The van der Waals surface area contributed by atoms with E-state index in [0.717, 1.165) is 28.3 Å². The predicted octanol–water partition coefficient (Wildman–Crippen LogP) is 5.20. The second-order valence-corrected chi connectivity index (χ2v) is 6.36. The molecule has 0 radical (unpaired) electrons. The largest absolute Gasteiger partial charge is 0.457 e. The number of hydrogen-bond acceptors (Lipinski definition) is 2. The molecule has 0 bridgehead atoms. The van der Waals surface area contributed by atoms with Crippen LogP contribution >= 0.6 is 15.9 Å². The first-order valence-corrected chi connectivity index (χ1v) is 7.91. The second-order valence-electron chi connectivity index (χ2n) is 5.50. The summed E-state index contributed by atoms with van der Waals surface area (Å²) in [6, 6.07) is 7.96. The minimum Gasteiger partial charge on any atom is -0.457 e. The van der Waals surface area contributed by atoms with Crippen molar-refractivity contribution >= 4 is 26.9 Å². The molecule has 1 aromatic heterocycles. The predicted molar refractivity (Wildman–Crippen MR) is 80.1 cm³/mol. The average Bonchev–Trinajstić information content (AvgIpc) is 2.67. The first-order chi connectivity index (χ1) is 9.25. The second kappa shape index (κ2) is 5.68. The minimum atomic E-state index is -0.461. The summed E-state index contributed by atoms with van der Waals surface area (Å²) < 4.78 is 6.81. The number of aliphatic hydroxyl groups excluding tert-OH is 1. The summed E-state index contributed by atoms with van der Waals surface area (Å²) in [7, 11) is 0. The van der Waals surface area contributed by atoms with Crippen LogP contribution in [0, 0.1) is 5.92 Å². The standard InChI is InChI=1S/C16H19BrO2/c17-13-9-5-8-12-10-14(19-16(12)13)15(18)11-6-3-1-2-4-7-11/h5,8-11,15,18H,1-4,6-7H2. The Morgan fingerprint density at radius 2 is 1.89 bits per heavy atom. The smallest absolute Gasteiger partial charge is 0.148 e. The van der Waals surface area contributed by atoms with Gasteiger partial charge in [0.25, 0.3) is 0 Å². The molecule has 1 aromatic carbocycles.